The van der Waals surface area contributed by atoms with Crippen molar-refractivity contribution < 1.29 is 4.79 Å². The number of rotatable bonds is 6. The summed E-state index contributed by atoms with van der Waals surface area (Å²) in [7, 11) is 0. The molecule has 0 bridgehead atoms. The number of nitrogens with two attached hydrogens (primary N) is 1. The minimum absolute atomic E-state index is 0.0470. The smallest absolute Gasteiger partial charge is 0.141 e. The van der Waals surface area contributed by atoms with Crippen LogP contribution >= 0.6 is 11.6 Å². The van der Waals surface area contributed by atoms with E-state index in [9.17, 15) is 4.79 Å². The van der Waals surface area contributed by atoms with Gasteiger partial charge in [0.15, 0.2) is 0 Å². The molecule has 1 aromatic heterocycles. The van der Waals surface area contributed by atoms with Crippen LogP contribution in [0.4, 0.5) is 0 Å². The Balaban J connectivity index is 2.66. The Morgan fingerprint density at radius 2 is 2.38 bits per heavy atom. The van der Waals surface area contributed by atoms with Gasteiger partial charge in [-0.15, -0.1) is 0 Å². The van der Waals surface area contributed by atoms with E-state index in [4.69, 9.17) is 17.3 Å². The summed E-state index contributed by atoms with van der Waals surface area (Å²) in [5.41, 5.74) is 6.42. The van der Waals surface area contributed by atoms with Crippen molar-refractivity contribution in [3.8, 4) is 0 Å². The van der Waals surface area contributed by atoms with Crippen molar-refractivity contribution in [1.82, 2.24) is 4.98 Å². The molecule has 1 unspecified atom stereocenters. The van der Waals surface area contributed by atoms with Crippen LogP contribution in [0.2, 0.25) is 5.02 Å². The molecule has 0 aliphatic carbocycles. The van der Waals surface area contributed by atoms with E-state index in [1.165, 1.54) is 0 Å². The van der Waals surface area contributed by atoms with Crippen molar-refractivity contribution in [3.63, 3.8) is 0 Å². The molecule has 0 fully saturated rings. The van der Waals surface area contributed by atoms with Crippen LogP contribution in [0.5, 0.6) is 0 Å². The lowest BCUT2D eigenvalue weighted by Crippen LogP contribution is -2.25. The summed E-state index contributed by atoms with van der Waals surface area (Å²) < 4.78 is 0. The molecule has 2 N–H and O–H groups in total. The average Bonchev–Trinajstić information content (AvgIpc) is 2.29. The van der Waals surface area contributed by atoms with E-state index < -0.39 is 0 Å². The zero-order chi connectivity index (χ0) is 12.0. The van der Waals surface area contributed by atoms with Crippen molar-refractivity contribution in [2.24, 2.45) is 11.7 Å². The second-order valence-corrected chi connectivity index (χ2v) is 4.24. The van der Waals surface area contributed by atoms with Gasteiger partial charge in [0.05, 0.1) is 5.02 Å². The molecular formula is C12H17ClN2O. The third kappa shape index (κ3) is 3.58. The highest BCUT2D eigenvalue weighted by molar-refractivity contribution is 6.31. The molecule has 1 heterocycles. The molecule has 0 spiro atoms. The lowest BCUT2D eigenvalue weighted by Gasteiger charge is -2.12. The molecule has 1 rings (SSSR count). The minimum atomic E-state index is -0.0470. The fourth-order valence-electron chi connectivity index (χ4n) is 1.64. The SMILES string of the molecule is CCCC(CN)C(=O)Cc1ccncc1Cl. The quantitative estimate of drug-likeness (QED) is 0.830. The van der Waals surface area contributed by atoms with Crippen molar-refractivity contribution in [2.75, 3.05) is 6.54 Å². The van der Waals surface area contributed by atoms with E-state index in [-0.39, 0.29) is 11.7 Å². The molecule has 0 saturated carbocycles. The van der Waals surface area contributed by atoms with Crippen molar-refractivity contribution in [2.45, 2.75) is 26.2 Å². The molecule has 0 aliphatic rings. The standard InChI is InChI=1S/C12H17ClN2O/c1-2-3-10(7-14)12(16)6-9-4-5-15-8-11(9)13/h4-5,8,10H,2-3,6-7,14H2,1H3. The predicted octanol–water partition coefficient (Wildman–Crippen LogP) is 2.22. The Bertz CT molecular complexity index is 355. The zero-order valence-corrected chi connectivity index (χ0v) is 10.2. The number of hydrogen-bond acceptors (Lipinski definition) is 3. The first-order valence-corrected chi connectivity index (χ1v) is 5.88. The Kier molecular flexibility index (Phi) is 5.43. The van der Waals surface area contributed by atoms with Gasteiger partial charge in [0, 0.05) is 31.3 Å². The molecule has 1 aromatic rings. The Morgan fingerprint density at radius 1 is 1.62 bits per heavy atom. The summed E-state index contributed by atoms with van der Waals surface area (Å²) in [6.07, 6.45) is 5.37. The summed E-state index contributed by atoms with van der Waals surface area (Å²) in [4.78, 5) is 15.8. The van der Waals surface area contributed by atoms with Crippen LogP contribution in [0.1, 0.15) is 25.3 Å². The number of Topliss-reactive ketones (excluding diaryl/α,β-unsaturated/α-hetero) is 1. The molecule has 0 aromatic carbocycles. The van der Waals surface area contributed by atoms with E-state index in [0.29, 0.717) is 18.0 Å². The van der Waals surface area contributed by atoms with Crippen LogP contribution in [0, 0.1) is 5.92 Å². The minimum Gasteiger partial charge on any atom is -0.330 e. The first-order valence-electron chi connectivity index (χ1n) is 5.50. The third-order valence-electron chi connectivity index (χ3n) is 2.60. The molecule has 0 radical (unpaired) electrons. The molecule has 0 amide bonds. The summed E-state index contributed by atoms with van der Waals surface area (Å²) >= 11 is 5.95. The number of ketones is 1. The highest BCUT2D eigenvalue weighted by Gasteiger charge is 2.17. The number of carbonyl (C=O) groups is 1. The van der Waals surface area contributed by atoms with Crippen molar-refractivity contribution in [3.05, 3.63) is 29.0 Å². The van der Waals surface area contributed by atoms with Gasteiger partial charge in [-0.05, 0) is 18.1 Å². The van der Waals surface area contributed by atoms with Crippen LogP contribution in [0.25, 0.3) is 0 Å². The first-order chi connectivity index (χ1) is 7.69. The van der Waals surface area contributed by atoms with Gasteiger partial charge in [-0.1, -0.05) is 24.9 Å². The number of pyridine rings is 1. The number of halogens is 1. The first kappa shape index (κ1) is 13.1. The summed E-state index contributed by atoms with van der Waals surface area (Å²) in [6, 6.07) is 1.78. The Morgan fingerprint density at radius 3 is 2.94 bits per heavy atom. The molecule has 16 heavy (non-hydrogen) atoms. The Labute approximate surface area is 101 Å². The van der Waals surface area contributed by atoms with Gasteiger partial charge in [-0.25, -0.2) is 0 Å². The van der Waals surface area contributed by atoms with Crippen LogP contribution in [-0.4, -0.2) is 17.3 Å². The number of aromatic nitrogens is 1. The van der Waals surface area contributed by atoms with E-state index in [0.717, 1.165) is 18.4 Å². The van der Waals surface area contributed by atoms with Crippen molar-refractivity contribution >= 4 is 17.4 Å². The normalized spacial score (nSPS) is 12.4. The second-order valence-electron chi connectivity index (χ2n) is 3.83. The van der Waals surface area contributed by atoms with Gasteiger partial charge in [-0.3, -0.25) is 9.78 Å². The predicted molar refractivity (Wildman–Crippen MR) is 65.4 cm³/mol. The summed E-state index contributed by atoms with van der Waals surface area (Å²) in [6.45, 7) is 2.46. The maximum Gasteiger partial charge on any atom is 0.141 e. The summed E-state index contributed by atoms with van der Waals surface area (Å²) in [5.74, 6) is 0.117. The van der Waals surface area contributed by atoms with Crippen LogP contribution < -0.4 is 5.73 Å². The maximum atomic E-state index is 11.9. The van der Waals surface area contributed by atoms with E-state index in [1.807, 2.05) is 0 Å². The van der Waals surface area contributed by atoms with Gasteiger partial charge in [0.1, 0.15) is 5.78 Å². The van der Waals surface area contributed by atoms with E-state index in [1.54, 1.807) is 18.5 Å². The molecule has 0 aliphatic heterocycles. The monoisotopic (exact) mass is 240 g/mol. The highest BCUT2D eigenvalue weighted by Crippen LogP contribution is 2.17. The van der Waals surface area contributed by atoms with Gasteiger partial charge in [0.25, 0.3) is 0 Å². The van der Waals surface area contributed by atoms with Crippen LogP contribution in [-0.2, 0) is 11.2 Å². The van der Waals surface area contributed by atoms with Gasteiger partial charge >= 0.3 is 0 Å². The molecular weight excluding hydrogens is 224 g/mol. The second kappa shape index (κ2) is 6.61. The number of hydrogen-bond donors (Lipinski definition) is 1. The van der Waals surface area contributed by atoms with Gasteiger partial charge < -0.3 is 5.73 Å². The van der Waals surface area contributed by atoms with Crippen molar-refractivity contribution in [1.29, 1.82) is 0 Å². The van der Waals surface area contributed by atoms with E-state index >= 15 is 0 Å². The molecule has 88 valence electrons. The fourth-order valence-corrected chi connectivity index (χ4v) is 1.82. The fraction of sp³-hybridized carbons (Fsp3) is 0.500. The average molecular weight is 241 g/mol. The lowest BCUT2D eigenvalue weighted by molar-refractivity contribution is -0.122. The topological polar surface area (TPSA) is 56.0 Å². The van der Waals surface area contributed by atoms with E-state index in [2.05, 4.69) is 11.9 Å². The lowest BCUT2D eigenvalue weighted by atomic mass is 9.94. The molecule has 1 atom stereocenters. The molecule has 3 nitrogen and oxygen atoms in total. The maximum absolute atomic E-state index is 11.9. The van der Waals surface area contributed by atoms with Crippen LogP contribution in [0.15, 0.2) is 18.5 Å². The van der Waals surface area contributed by atoms with Gasteiger partial charge in [-0.2, -0.15) is 0 Å². The number of carbonyl (C=O) groups excluding carboxylic acids is 1. The third-order valence-corrected chi connectivity index (χ3v) is 2.94. The molecule has 0 saturated heterocycles. The number of nitrogens with zero attached hydrogens (tertiary/aromatic N) is 1. The molecule has 4 heteroatoms. The Hall–Kier alpha value is -0.930. The van der Waals surface area contributed by atoms with Crippen LogP contribution in [0.3, 0.4) is 0 Å². The largest absolute Gasteiger partial charge is 0.330 e. The van der Waals surface area contributed by atoms with Gasteiger partial charge in [0.2, 0.25) is 0 Å². The summed E-state index contributed by atoms with van der Waals surface area (Å²) in [5, 5.41) is 0.545. The highest BCUT2D eigenvalue weighted by atomic mass is 35.5. The zero-order valence-electron chi connectivity index (χ0n) is 9.45.